The Labute approximate surface area is 134 Å². The lowest BCUT2D eigenvalue weighted by Gasteiger charge is -2.21. The van der Waals surface area contributed by atoms with Crippen LogP contribution in [0, 0.1) is 5.92 Å². The number of carboxylic acid groups (broad SMARTS) is 1. The fraction of sp³-hybridized carbons (Fsp3) is 0.235. The van der Waals surface area contributed by atoms with E-state index in [0.29, 0.717) is 5.56 Å². The van der Waals surface area contributed by atoms with Crippen molar-refractivity contribution in [1.29, 1.82) is 0 Å². The topological polar surface area (TPSA) is 82.5 Å². The van der Waals surface area contributed by atoms with Gasteiger partial charge in [0.1, 0.15) is 0 Å². The molecule has 0 aliphatic heterocycles. The van der Waals surface area contributed by atoms with Gasteiger partial charge in [-0.3, -0.25) is 15.2 Å². The fourth-order valence-electron chi connectivity index (χ4n) is 2.08. The van der Waals surface area contributed by atoms with Crippen LogP contribution in [0.1, 0.15) is 24.2 Å². The number of carbonyl (C=O) groups is 2. The van der Waals surface area contributed by atoms with Gasteiger partial charge >= 0.3 is 6.09 Å². The Hall–Kier alpha value is -2.89. The highest BCUT2D eigenvalue weighted by Gasteiger charge is 2.17. The fourth-order valence-corrected chi connectivity index (χ4v) is 2.08. The number of carbonyl (C=O) groups excluding carboxylic acids is 1. The van der Waals surface area contributed by atoms with Gasteiger partial charge in [-0.1, -0.05) is 26.0 Å². The average molecular weight is 313 g/mol. The van der Waals surface area contributed by atoms with E-state index in [1.165, 1.54) is 0 Å². The smallest absolute Gasteiger partial charge is 0.426 e. The third-order valence-corrected chi connectivity index (χ3v) is 3.18. The van der Waals surface area contributed by atoms with Crippen molar-refractivity contribution in [3.05, 3.63) is 54.4 Å². The van der Waals surface area contributed by atoms with Crippen LogP contribution in [0.4, 0.5) is 4.79 Å². The minimum atomic E-state index is -1.18. The first-order valence-electron chi connectivity index (χ1n) is 7.29. The van der Waals surface area contributed by atoms with Gasteiger partial charge in [0.15, 0.2) is 0 Å². The zero-order valence-electron chi connectivity index (χ0n) is 13.1. The molecule has 2 amide bonds. The molecule has 0 aliphatic carbocycles. The van der Waals surface area contributed by atoms with Crippen molar-refractivity contribution in [2.75, 3.05) is 6.54 Å². The molecule has 2 aromatic rings. The van der Waals surface area contributed by atoms with E-state index in [9.17, 15) is 9.59 Å². The second-order valence-corrected chi connectivity index (χ2v) is 5.54. The molecule has 23 heavy (non-hydrogen) atoms. The molecule has 0 radical (unpaired) electrons. The summed E-state index contributed by atoms with van der Waals surface area (Å²) in [5.74, 6) is -0.338. The molecule has 1 aromatic heterocycles. The van der Waals surface area contributed by atoms with E-state index < -0.39 is 12.0 Å². The highest BCUT2D eigenvalue weighted by molar-refractivity contribution is 5.95. The van der Waals surface area contributed by atoms with Gasteiger partial charge in [-0.25, -0.2) is 9.80 Å². The number of rotatable bonds is 4. The Morgan fingerprint density at radius 2 is 1.65 bits per heavy atom. The maximum Gasteiger partial charge on any atom is 0.426 e. The summed E-state index contributed by atoms with van der Waals surface area (Å²) >= 11 is 0. The normalized spacial score (nSPS) is 10.4. The molecule has 0 bridgehead atoms. The monoisotopic (exact) mass is 313 g/mol. The molecular formula is C17H19N3O3. The van der Waals surface area contributed by atoms with E-state index in [1.807, 2.05) is 38.1 Å². The second kappa shape index (κ2) is 7.40. The van der Waals surface area contributed by atoms with Crippen molar-refractivity contribution in [3.8, 4) is 11.1 Å². The number of pyridine rings is 1. The van der Waals surface area contributed by atoms with Crippen LogP contribution >= 0.6 is 0 Å². The number of amides is 2. The van der Waals surface area contributed by atoms with E-state index in [-0.39, 0.29) is 12.5 Å². The largest absolute Gasteiger partial charge is 0.464 e. The van der Waals surface area contributed by atoms with Crippen LogP contribution in [0.5, 0.6) is 0 Å². The molecule has 0 saturated heterocycles. The van der Waals surface area contributed by atoms with Crippen LogP contribution in [-0.2, 0) is 0 Å². The first kappa shape index (κ1) is 16.5. The highest BCUT2D eigenvalue weighted by Crippen LogP contribution is 2.18. The Morgan fingerprint density at radius 1 is 1.09 bits per heavy atom. The van der Waals surface area contributed by atoms with E-state index in [4.69, 9.17) is 5.11 Å². The van der Waals surface area contributed by atoms with E-state index >= 15 is 0 Å². The molecule has 0 saturated carbocycles. The lowest BCUT2D eigenvalue weighted by molar-refractivity contribution is 0.0732. The molecular weight excluding hydrogens is 294 g/mol. The zero-order chi connectivity index (χ0) is 16.8. The molecule has 0 spiro atoms. The van der Waals surface area contributed by atoms with Crippen molar-refractivity contribution in [1.82, 2.24) is 15.4 Å². The van der Waals surface area contributed by atoms with Gasteiger partial charge in [0.25, 0.3) is 5.91 Å². The number of nitrogens with zero attached hydrogens (tertiary/aromatic N) is 2. The molecule has 6 nitrogen and oxygen atoms in total. The molecule has 6 heteroatoms. The molecule has 2 N–H and O–H groups in total. The average Bonchev–Trinajstić information content (AvgIpc) is 2.54. The molecule has 120 valence electrons. The Bertz CT molecular complexity index is 669. The van der Waals surface area contributed by atoms with E-state index in [1.54, 1.807) is 24.5 Å². The van der Waals surface area contributed by atoms with Gasteiger partial charge in [0.05, 0.1) is 0 Å². The molecule has 0 aliphatic rings. The molecule has 1 heterocycles. The number of hydrogen-bond donors (Lipinski definition) is 2. The predicted molar refractivity (Wildman–Crippen MR) is 86.7 cm³/mol. The summed E-state index contributed by atoms with van der Waals surface area (Å²) in [5.41, 5.74) is 4.77. The summed E-state index contributed by atoms with van der Waals surface area (Å²) < 4.78 is 0. The summed E-state index contributed by atoms with van der Waals surface area (Å²) in [4.78, 5) is 27.3. The summed E-state index contributed by atoms with van der Waals surface area (Å²) in [5, 5.41) is 10.0. The standard InChI is InChI=1S/C17H19N3O3/c1-12(2)11-20(17(22)23)19-16(21)15-5-3-13(4-6-15)14-7-9-18-10-8-14/h3-10,12H,11H2,1-2H3,(H,19,21)(H,22,23). The Kier molecular flexibility index (Phi) is 5.30. The van der Waals surface area contributed by atoms with Crippen LogP contribution in [0.3, 0.4) is 0 Å². The van der Waals surface area contributed by atoms with Gasteiger partial charge in [-0.05, 0) is 41.3 Å². The number of hydrazine groups is 1. The molecule has 2 rings (SSSR count). The van der Waals surface area contributed by atoms with Gasteiger partial charge in [-0.2, -0.15) is 0 Å². The number of aromatic nitrogens is 1. The van der Waals surface area contributed by atoms with E-state index in [0.717, 1.165) is 16.1 Å². The summed E-state index contributed by atoms with van der Waals surface area (Å²) in [7, 11) is 0. The Morgan fingerprint density at radius 3 is 2.17 bits per heavy atom. The summed E-state index contributed by atoms with van der Waals surface area (Å²) in [6.45, 7) is 3.99. The van der Waals surface area contributed by atoms with Crippen molar-refractivity contribution < 1.29 is 14.7 Å². The SMILES string of the molecule is CC(C)CN(NC(=O)c1ccc(-c2ccncc2)cc1)C(=O)O. The number of benzene rings is 1. The van der Waals surface area contributed by atoms with Gasteiger partial charge < -0.3 is 5.11 Å². The van der Waals surface area contributed by atoms with Crippen molar-refractivity contribution in [2.24, 2.45) is 5.92 Å². The van der Waals surface area contributed by atoms with Crippen LogP contribution in [0.15, 0.2) is 48.8 Å². The van der Waals surface area contributed by atoms with Crippen molar-refractivity contribution in [2.45, 2.75) is 13.8 Å². The van der Waals surface area contributed by atoms with Crippen LogP contribution in [-0.4, -0.2) is 33.6 Å². The first-order valence-corrected chi connectivity index (χ1v) is 7.29. The minimum absolute atomic E-state index is 0.112. The first-order chi connectivity index (χ1) is 11.0. The third kappa shape index (κ3) is 4.54. The Balaban J connectivity index is 2.09. The van der Waals surface area contributed by atoms with E-state index in [2.05, 4.69) is 10.4 Å². The maximum atomic E-state index is 12.2. The highest BCUT2D eigenvalue weighted by atomic mass is 16.4. The molecule has 0 unspecified atom stereocenters. The number of hydrogen-bond acceptors (Lipinski definition) is 3. The molecule has 0 fully saturated rings. The second-order valence-electron chi connectivity index (χ2n) is 5.54. The van der Waals surface area contributed by atoms with Gasteiger partial charge in [0.2, 0.25) is 0 Å². The predicted octanol–water partition coefficient (Wildman–Crippen LogP) is 3.03. The maximum absolute atomic E-state index is 12.2. The number of nitrogens with one attached hydrogen (secondary N) is 1. The summed E-state index contributed by atoms with van der Waals surface area (Å²) in [6.07, 6.45) is 2.22. The molecule has 1 aromatic carbocycles. The third-order valence-electron chi connectivity index (χ3n) is 3.18. The van der Waals surface area contributed by atoms with Gasteiger partial charge in [0, 0.05) is 24.5 Å². The van der Waals surface area contributed by atoms with Crippen LogP contribution in [0.25, 0.3) is 11.1 Å². The quantitative estimate of drug-likeness (QED) is 0.850. The zero-order valence-corrected chi connectivity index (χ0v) is 13.1. The lowest BCUT2D eigenvalue weighted by Crippen LogP contribution is -2.47. The van der Waals surface area contributed by atoms with Gasteiger partial charge in [-0.15, -0.1) is 0 Å². The lowest BCUT2D eigenvalue weighted by atomic mass is 10.1. The van der Waals surface area contributed by atoms with Crippen LogP contribution in [0.2, 0.25) is 0 Å². The minimum Gasteiger partial charge on any atom is -0.464 e. The van der Waals surface area contributed by atoms with Crippen molar-refractivity contribution >= 4 is 12.0 Å². The van der Waals surface area contributed by atoms with Crippen LogP contribution < -0.4 is 5.43 Å². The summed E-state index contributed by atoms with van der Waals surface area (Å²) in [6, 6.07) is 10.7. The molecule has 0 atom stereocenters. The van der Waals surface area contributed by atoms with Crippen molar-refractivity contribution in [3.63, 3.8) is 0 Å².